The zero-order valence-corrected chi connectivity index (χ0v) is 14.3. The Bertz CT molecular complexity index is 658. The molecule has 0 atom stereocenters. The maximum atomic E-state index is 10.4. The first-order valence-corrected chi connectivity index (χ1v) is 7.37. The molecule has 6 nitrogen and oxygen atoms in total. The van der Waals surface area contributed by atoms with Crippen LogP contribution in [0.25, 0.3) is 0 Å². The minimum Gasteiger partial charge on any atom is -0.478 e. The number of hydrogen-bond acceptors (Lipinski definition) is 4. The summed E-state index contributed by atoms with van der Waals surface area (Å²) in [7, 11) is 0. The minimum atomic E-state index is -1.00. The second-order valence-electron chi connectivity index (χ2n) is 4.07. The van der Waals surface area contributed by atoms with Crippen LogP contribution in [0.15, 0.2) is 45.3 Å². The lowest BCUT2D eigenvalue weighted by atomic mass is 10.2. The van der Waals surface area contributed by atoms with Gasteiger partial charge in [0.2, 0.25) is 0 Å². The van der Waals surface area contributed by atoms with Gasteiger partial charge in [-0.15, -0.1) is 0 Å². The second-order valence-corrected chi connectivity index (χ2v) is 5.90. The summed E-state index contributed by atoms with van der Waals surface area (Å²) in [5, 5.41) is 17.1. The number of carboxylic acid groups (broad SMARTS) is 2. The van der Waals surface area contributed by atoms with E-state index in [-0.39, 0.29) is 22.5 Å². The predicted octanol–water partition coefficient (Wildman–Crippen LogP) is 3.46. The number of aromatic carboxylic acids is 2. The third kappa shape index (κ3) is 5.05. The first kappa shape index (κ1) is 18.0. The van der Waals surface area contributed by atoms with E-state index in [1.165, 1.54) is 12.1 Å². The molecule has 0 radical (unpaired) electrons. The van der Waals surface area contributed by atoms with E-state index >= 15 is 0 Å². The van der Waals surface area contributed by atoms with Crippen LogP contribution in [0, 0.1) is 0 Å². The smallest absolute Gasteiger partial charge is 0.337 e. The van der Waals surface area contributed by atoms with Crippen LogP contribution in [0.4, 0.5) is 11.4 Å². The zero-order valence-electron chi connectivity index (χ0n) is 11.1. The van der Waals surface area contributed by atoms with Crippen molar-refractivity contribution >= 4 is 55.2 Å². The summed E-state index contributed by atoms with van der Waals surface area (Å²) in [6, 6.07) is 9.32. The topological polar surface area (TPSA) is 127 Å². The van der Waals surface area contributed by atoms with Crippen molar-refractivity contribution in [2.75, 3.05) is 11.5 Å². The lowest BCUT2D eigenvalue weighted by molar-refractivity contribution is 0.0687. The van der Waals surface area contributed by atoms with E-state index in [4.69, 9.17) is 21.7 Å². The Labute approximate surface area is 143 Å². The van der Waals surface area contributed by atoms with E-state index < -0.39 is 11.9 Å². The average molecular weight is 432 g/mol. The molecule has 0 saturated heterocycles. The van der Waals surface area contributed by atoms with Crippen molar-refractivity contribution in [1.82, 2.24) is 0 Å². The zero-order chi connectivity index (χ0) is 16.9. The van der Waals surface area contributed by atoms with Crippen molar-refractivity contribution in [2.24, 2.45) is 0 Å². The fraction of sp³-hybridized carbons (Fsp3) is 0. The van der Waals surface area contributed by atoms with Crippen LogP contribution in [-0.4, -0.2) is 22.2 Å². The number of hydrogen-bond donors (Lipinski definition) is 4. The molecule has 0 aromatic heterocycles. The molecular formula is C14H12Br2N2O4. The third-order valence-electron chi connectivity index (χ3n) is 2.49. The molecule has 0 aliphatic carbocycles. The SMILES string of the molecule is Nc1cc(Br)ccc1C(=O)O.Nc1cc(Br)ccc1C(=O)O. The van der Waals surface area contributed by atoms with Crippen LogP contribution in [-0.2, 0) is 0 Å². The van der Waals surface area contributed by atoms with Crippen molar-refractivity contribution in [3.8, 4) is 0 Å². The molecule has 116 valence electrons. The highest BCUT2D eigenvalue weighted by molar-refractivity contribution is 9.10. The molecule has 6 N–H and O–H groups in total. The van der Waals surface area contributed by atoms with Gasteiger partial charge in [-0.25, -0.2) is 9.59 Å². The molecule has 0 aliphatic heterocycles. The van der Waals surface area contributed by atoms with Crippen molar-refractivity contribution in [2.45, 2.75) is 0 Å². The van der Waals surface area contributed by atoms with Crippen molar-refractivity contribution < 1.29 is 19.8 Å². The first-order chi connectivity index (χ1) is 10.2. The summed E-state index contributed by atoms with van der Waals surface area (Å²) in [4.78, 5) is 20.9. The average Bonchev–Trinajstić information content (AvgIpc) is 2.38. The fourth-order valence-corrected chi connectivity index (χ4v) is 2.21. The van der Waals surface area contributed by atoms with Gasteiger partial charge in [-0.3, -0.25) is 0 Å². The van der Waals surface area contributed by atoms with Crippen LogP contribution in [0.5, 0.6) is 0 Å². The summed E-state index contributed by atoms with van der Waals surface area (Å²) in [6.45, 7) is 0. The fourth-order valence-electron chi connectivity index (χ4n) is 1.46. The van der Waals surface area contributed by atoms with Crippen molar-refractivity contribution in [3.05, 3.63) is 56.5 Å². The van der Waals surface area contributed by atoms with Gasteiger partial charge in [-0.2, -0.15) is 0 Å². The number of anilines is 2. The highest BCUT2D eigenvalue weighted by atomic mass is 79.9. The highest BCUT2D eigenvalue weighted by Gasteiger charge is 2.06. The molecule has 2 rings (SSSR count). The van der Waals surface area contributed by atoms with Gasteiger partial charge in [-0.05, 0) is 36.4 Å². The summed E-state index contributed by atoms with van der Waals surface area (Å²) in [5.41, 5.74) is 11.6. The van der Waals surface area contributed by atoms with Gasteiger partial charge in [0.15, 0.2) is 0 Å². The summed E-state index contributed by atoms with van der Waals surface area (Å²) >= 11 is 6.34. The Morgan fingerprint density at radius 2 is 1.09 bits per heavy atom. The minimum absolute atomic E-state index is 0.133. The Hall–Kier alpha value is -2.06. The molecule has 0 amide bonds. The van der Waals surface area contributed by atoms with Gasteiger partial charge in [0.05, 0.1) is 11.1 Å². The lowest BCUT2D eigenvalue weighted by Crippen LogP contribution is -2.01. The maximum absolute atomic E-state index is 10.4. The summed E-state index contributed by atoms with van der Waals surface area (Å²) in [5.74, 6) is -2.01. The molecule has 22 heavy (non-hydrogen) atoms. The number of nitrogen functional groups attached to an aromatic ring is 2. The monoisotopic (exact) mass is 430 g/mol. The van der Waals surface area contributed by atoms with E-state index in [1.807, 2.05) is 0 Å². The summed E-state index contributed by atoms with van der Waals surface area (Å²) in [6.07, 6.45) is 0. The number of benzene rings is 2. The number of carboxylic acids is 2. The van der Waals surface area contributed by atoms with Crippen LogP contribution in [0.3, 0.4) is 0 Å². The molecule has 0 bridgehead atoms. The number of halogens is 2. The van der Waals surface area contributed by atoms with E-state index in [0.29, 0.717) is 0 Å². The Kier molecular flexibility index (Phi) is 6.39. The van der Waals surface area contributed by atoms with Crippen LogP contribution < -0.4 is 11.5 Å². The molecule has 0 fully saturated rings. The molecule has 0 saturated carbocycles. The van der Waals surface area contributed by atoms with Gasteiger partial charge in [-0.1, -0.05) is 31.9 Å². The maximum Gasteiger partial charge on any atom is 0.337 e. The van der Waals surface area contributed by atoms with Gasteiger partial charge in [0, 0.05) is 20.3 Å². The number of rotatable bonds is 2. The summed E-state index contributed by atoms with van der Waals surface area (Å²) < 4.78 is 1.56. The van der Waals surface area contributed by atoms with E-state index in [0.717, 1.165) is 8.95 Å². The van der Waals surface area contributed by atoms with Crippen molar-refractivity contribution in [1.29, 1.82) is 0 Å². The molecule has 2 aromatic carbocycles. The third-order valence-corrected chi connectivity index (χ3v) is 3.47. The second kappa shape index (κ2) is 7.81. The Morgan fingerprint density at radius 1 is 0.773 bits per heavy atom. The lowest BCUT2D eigenvalue weighted by Gasteiger charge is -1.99. The molecular weight excluding hydrogens is 420 g/mol. The van der Waals surface area contributed by atoms with Crippen LogP contribution in [0.1, 0.15) is 20.7 Å². The van der Waals surface area contributed by atoms with E-state index in [9.17, 15) is 9.59 Å². The number of nitrogens with two attached hydrogens (primary N) is 2. The largest absolute Gasteiger partial charge is 0.478 e. The van der Waals surface area contributed by atoms with Crippen LogP contribution in [0.2, 0.25) is 0 Å². The molecule has 0 spiro atoms. The standard InChI is InChI=1S/2C7H6BrNO2/c2*8-4-1-2-5(7(10)11)6(9)3-4/h2*1-3H,9H2,(H,10,11). The van der Waals surface area contributed by atoms with Gasteiger partial charge >= 0.3 is 11.9 Å². The van der Waals surface area contributed by atoms with E-state index in [1.54, 1.807) is 24.3 Å². The predicted molar refractivity (Wildman–Crippen MR) is 91.0 cm³/mol. The molecule has 0 aliphatic rings. The Balaban J connectivity index is 0.000000220. The number of carbonyl (C=O) groups is 2. The first-order valence-electron chi connectivity index (χ1n) is 5.79. The molecule has 0 heterocycles. The quantitative estimate of drug-likeness (QED) is 0.539. The van der Waals surface area contributed by atoms with Crippen LogP contribution >= 0.6 is 31.9 Å². The van der Waals surface area contributed by atoms with Gasteiger partial charge < -0.3 is 21.7 Å². The molecule has 2 aromatic rings. The normalized spacial score (nSPS) is 9.55. The molecule has 0 unspecified atom stereocenters. The Morgan fingerprint density at radius 3 is 1.32 bits per heavy atom. The van der Waals surface area contributed by atoms with Gasteiger partial charge in [0.1, 0.15) is 0 Å². The van der Waals surface area contributed by atoms with E-state index in [2.05, 4.69) is 31.9 Å². The van der Waals surface area contributed by atoms with Crippen molar-refractivity contribution in [3.63, 3.8) is 0 Å². The van der Waals surface area contributed by atoms with Gasteiger partial charge in [0.25, 0.3) is 0 Å². The molecule has 8 heteroatoms. The highest BCUT2D eigenvalue weighted by Crippen LogP contribution is 2.18.